The lowest BCUT2D eigenvalue weighted by molar-refractivity contribution is -0.118. The number of ether oxygens (including phenoxy) is 3. The topological polar surface area (TPSA) is 111 Å². The summed E-state index contributed by atoms with van der Waals surface area (Å²) in [5, 5.41) is 4.92. The zero-order valence-corrected chi connectivity index (χ0v) is 24.5. The average molecular weight is 595 g/mol. The van der Waals surface area contributed by atoms with Crippen molar-refractivity contribution in [3.05, 3.63) is 89.8 Å². The molecule has 0 aliphatic rings. The van der Waals surface area contributed by atoms with E-state index in [4.69, 9.17) is 14.2 Å². The average Bonchev–Trinajstić information content (AvgIpc) is 3.40. The Morgan fingerprint density at radius 2 is 1.49 bits per heavy atom. The number of sulfonamides is 1. The molecule has 1 aromatic heterocycles. The van der Waals surface area contributed by atoms with Crippen molar-refractivity contribution in [1.29, 1.82) is 0 Å². The monoisotopic (exact) mass is 594 g/mol. The SMILES string of the molecule is CCOC(=O)c1c(-c2ccccc2)csc1NC(=O)COc1ccc(N(C)S(=O)(=O)c2ccc(OCC)cc2)cc1. The molecule has 11 heteroatoms. The van der Waals surface area contributed by atoms with Gasteiger partial charge in [0.05, 0.1) is 23.8 Å². The number of hydrogen-bond donors (Lipinski definition) is 1. The van der Waals surface area contributed by atoms with E-state index in [2.05, 4.69) is 5.32 Å². The number of thiophene rings is 1. The van der Waals surface area contributed by atoms with E-state index in [1.165, 1.54) is 30.5 Å². The first-order valence-electron chi connectivity index (χ1n) is 12.8. The number of benzene rings is 3. The van der Waals surface area contributed by atoms with Gasteiger partial charge in [0, 0.05) is 18.0 Å². The molecule has 0 spiro atoms. The van der Waals surface area contributed by atoms with Gasteiger partial charge in [0.25, 0.3) is 15.9 Å². The quantitative estimate of drug-likeness (QED) is 0.205. The fraction of sp³-hybridized carbons (Fsp3) is 0.200. The number of nitrogens with zero attached hydrogens (tertiary/aromatic N) is 1. The first-order chi connectivity index (χ1) is 19.7. The number of rotatable bonds is 12. The minimum absolute atomic E-state index is 0.131. The van der Waals surface area contributed by atoms with Gasteiger partial charge in [-0.1, -0.05) is 30.3 Å². The molecule has 0 saturated heterocycles. The maximum absolute atomic E-state index is 13.1. The van der Waals surface area contributed by atoms with Crippen LogP contribution in [0.4, 0.5) is 10.7 Å². The summed E-state index contributed by atoms with van der Waals surface area (Å²) in [5.41, 5.74) is 2.21. The summed E-state index contributed by atoms with van der Waals surface area (Å²) in [6.45, 7) is 3.94. The van der Waals surface area contributed by atoms with Crippen molar-refractivity contribution in [2.24, 2.45) is 0 Å². The van der Waals surface area contributed by atoms with Crippen molar-refractivity contribution in [2.75, 3.05) is 36.5 Å². The van der Waals surface area contributed by atoms with Crippen LogP contribution in [0.1, 0.15) is 24.2 Å². The van der Waals surface area contributed by atoms with Crippen LogP contribution >= 0.6 is 11.3 Å². The van der Waals surface area contributed by atoms with Crippen molar-refractivity contribution >= 4 is 43.9 Å². The predicted octanol–water partition coefficient (Wildman–Crippen LogP) is 5.83. The maximum atomic E-state index is 13.1. The molecule has 9 nitrogen and oxygen atoms in total. The molecule has 0 atom stereocenters. The highest BCUT2D eigenvalue weighted by atomic mass is 32.2. The normalized spacial score (nSPS) is 11.0. The molecule has 1 N–H and O–H groups in total. The Morgan fingerprint density at radius 1 is 0.854 bits per heavy atom. The summed E-state index contributed by atoms with van der Waals surface area (Å²) in [5.74, 6) is -0.0231. The zero-order valence-electron chi connectivity index (χ0n) is 22.8. The van der Waals surface area contributed by atoms with Gasteiger partial charge < -0.3 is 19.5 Å². The fourth-order valence-electron chi connectivity index (χ4n) is 3.92. The van der Waals surface area contributed by atoms with E-state index >= 15 is 0 Å². The number of esters is 1. The van der Waals surface area contributed by atoms with Gasteiger partial charge in [0.1, 0.15) is 22.1 Å². The molecule has 0 radical (unpaired) electrons. The van der Waals surface area contributed by atoms with Crippen molar-refractivity contribution in [1.82, 2.24) is 0 Å². The maximum Gasteiger partial charge on any atom is 0.341 e. The Hall–Kier alpha value is -4.35. The van der Waals surface area contributed by atoms with Gasteiger partial charge >= 0.3 is 5.97 Å². The summed E-state index contributed by atoms with van der Waals surface area (Å²) in [4.78, 5) is 25.6. The number of nitrogens with one attached hydrogen (secondary N) is 1. The van der Waals surface area contributed by atoms with E-state index < -0.39 is 21.9 Å². The van der Waals surface area contributed by atoms with Crippen LogP contribution in [0.3, 0.4) is 0 Å². The molecule has 0 unspecified atom stereocenters. The molecular formula is C30H30N2O7S2. The Morgan fingerprint density at radius 3 is 2.12 bits per heavy atom. The third-order valence-corrected chi connectivity index (χ3v) is 8.67. The van der Waals surface area contributed by atoms with E-state index in [1.54, 1.807) is 48.7 Å². The second kappa shape index (κ2) is 13.3. The van der Waals surface area contributed by atoms with Crippen LogP contribution < -0.4 is 19.1 Å². The third-order valence-electron chi connectivity index (χ3n) is 5.97. The first-order valence-corrected chi connectivity index (χ1v) is 15.1. The lowest BCUT2D eigenvalue weighted by atomic mass is 10.0. The highest BCUT2D eigenvalue weighted by Gasteiger charge is 2.24. The van der Waals surface area contributed by atoms with Crippen molar-refractivity contribution in [3.8, 4) is 22.6 Å². The molecule has 0 aliphatic heterocycles. The van der Waals surface area contributed by atoms with E-state index in [9.17, 15) is 18.0 Å². The molecule has 214 valence electrons. The van der Waals surface area contributed by atoms with E-state index in [0.29, 0.717) is 34.4 Å². The van der Waals surface area contributed by atoms with Gasteiger partial charge in [-0.25, -0.2) is 13.2 Å². The molecule has 4 aromatic rings. The van der Waals surface area contributed by atoms with Gasteiger partial charge in [0.2, 0.25) is 0 Å². The Labute approximate surface area is 243 Å². The molecule has 3 aromatic carbocycles. The van der Waals surface area contributed by atoms with Crippen molar-refractivity contribution < 1.29 is 32.2 Å². The zero-order chi connectivity index (χ0) is 29.4. The molecular weight excluding hydrogens is 564 g/mol. The molecule has 0 bridgehead atoms. The second-order valence-corrected chi connectivity index (χ2v) is 11.5. The molecule has 41 heavy (non-hydrogen) atoms. The summed E-state index contributed by atoms with van der Waals surface area (Å²) in [6.07, 6.45) is 0. The van der Waals surface area contributed by atoms with Crippen LogP contribution in [0, 0.1) is 0 Å². The number of carbonyl (C=O) groups excluding carboxylic acids is 2. The largest absolute Gasteiger partial charge is 0.494 e. The van der Waals surface area contributed by atoms with Crippen LogP contribution in [0.15, 0.2) is 89.1 Å². The Kier molecular flexibility index (Phi) is 9.64. The highest BCUT2D eigenvalue weighted by Crippen LogP contribution is 2.36. The standard InChI is InChI=1S/C30H30N2O7S2/c1-4-37-23-15-17-25(18-16-23)41(35,36)32(3)22-11-13-24(14-12-22)39-19-27(33)31-29-28(30(34)38-5-2)26(20-40-29)21-9-7-6-8-10-21/h6-18,20H,4-5,19H2,1-3H3,(H,31,33). The molecule has 4 rings (SSSR count). The summed E-state index contributed by atoms with van der Waals surface area (Å²) >= 11 is 1.23. The lowest BCUT2D eigenvalue weighted by Gasteiger charge is -2.20. The van der Waals surface area contributed by atoms with Crippen molar-refractivity contribution in [3.63, 3.8) is 0 Å². The predicted molar refractivity (Wildman–Crippen MR) is 159 cm³/mol. The second-order valence-electron chi connectivity index (χ2n) is 8.65. The number of anilines is 2. The van der Waals surface area contributed by atoms with Gasteiger partial charge in [-0.05, 0) is 67.9 Å². The summed E-state index contributed by atoms with van der Waals surface area (Å²) < 4.78 is 43.5. The Balaban J connectivity index is 1.40. The third kappa shape index (κ3) is 7.05. The van der Waals surface area contributed by atoms with Gasteiger partial charge in [-0.15, -0.1) is 11.3 Å². The van der Waals surface area contributed by atoms with Crippen LogP contribution in [-0.4, -0.2) is 47.2 Å². The molecule has 0 aliphatic carbocycles. The first kappa shape index (κ1) is 29.6. The molecule has 0 fully saturated rings. The van der Waals surface area contributed by atoms with Gasteiger partial charge in [-0.3, -0.25) is 9.10 Å². The van der Waals surface area contributed by atoms with Gasteiger partial charge in [-0.2, -0.15) is 0 Å². The number of carbonyl (C=O) groups is 2. The van der Waals surface area contributed by atoms with Crippen LogP contribution in [0.25, 0.3) is 11.1 Å². The molecule has 0 saturated carbocycles. The summed E-state index contributed by atoms with van der Waals surface area (Å²) in [6, 6.07) is 21.9. The van der Waals surface area contributed by atoms with E-state index in [1.807, 2.05) is 37.3 Å². The van der Waals surface area contributed by atoms with Crippen LogP contribution in [-0.2, 0) is 19.6 Å². The highest BCUT2D eigenvalue weighted by molar-refractivity contribution is 7.92. The van der Waals surface area contributed by atoms with Gasteiger partial charge in [0.15, 0.2) is 6.61 Å². The fourth-order valence-corrected chi connectivity index (χ4v) is 6.09. The van der Waals surface area contributed by atoms with E-state index in [-0.39, 0.29) is 23.7 Å². The van der Waals surface area contributed by atoms with E-state index in [0.717, 1.165) is 9.87 Å². The Bertz CT molecular complexity index is 1580. The smallest absolute Gasteiger partial charge is 0.341 e. The molecule has 1 amide bonds. The summed E-state index contributed by atoms with van der Waals surface area (Å²) in [7, 11) is -2.33. The van der Waals surface area contributed by atoms with Crippen LogP contribution in [0.2, 0.25) is 0 Å². The van der Waals surface area contributed by atoms with Crippen molar-refractivity contribution in [2.45, 2.75) is 18.7 Å². The minimum atomic E-state index is -3.79. The number of hydrogen-bond acceptors (Lipinski definition) is 8. The number of amides is 1. The minimum Gasteiger partial charge on any atom is -0.494 e. The van der Waals surface area contributed by atoms with Crippen LogP contribution in [0.5, 0.6) is 11.5 Å². The molecule has 1 heterocycles. The lowest BCUT2D eigenvalue weighted by Crippen LogP contribution is -2.26.